The monoisotopic (exact) mass is 194 g/mol. The van der Waals surface area contributed by atoms with Gasteiger partial charge < -0.3 is 5.11 Å². The molecule has 0 aliphatic rings. The van der Waals surface area contributed by atoms with Crippen molar-refractivity contribution in [3.05, 3.63) is 24.3 Å². The highest BCUT2D eigenvalue weighted by Gasteiger charge is 2.07. The summed E-state index contributed by atoms with van der Waals surface area (Å²) in [5.41, 5.74) is 0.816. The highest BCUT2D eigenvalue weighted by Crippen LogP contribution is 2.18. The van der Waals surface area contributed by atoms with Crippen LogP contribution < -0.4 is 0 Å². The smallest absolute Gasteiger partial charge is 0.115 e. The van der Waals surface area contributed by atoms with Gasteiger partial charge in [-0.1, -0.05) is 26.7 Å². The first-order chi connectivity index (χ1) is 6.70. The Balaban J connectivity index is 2.32. The Morgan fingerprint density at radius 2 is 1.86 bits per heavy atom. The normalized spacial score (nSPS) is 13.1. The predicted octanol–water partition coefficient (Wildman–Crippen LogP) is 2.34. The lowest BCUT2D eigenvalue weighted by atomic mass is 10.0. The van der Waals surface area contributed by atoms with Gasteiger partial charge in [0.25, 0.3) is 0 Å². The molecule has 1 heterocycles. The van der Waals surface area contributed by atoms with Crippen LogP contribution in [-0.2, 0) is 0 Å². The molecule has 0 spiro atoms. The molecular weight excluding hydrogens is 176 g/mol. The van der Waals surface area contributed by atoms with Gasteiger partial charge in [0.1, 0.15) is 6.33 Å². The minimum atomic E-state index is -0.407. The van der Waals surface area contributed by atoms with E-state index in [9.17, 15) is 5.11 Å². The lowest BCUT2D eigenvalue weighted by Crippen LogP contribution is -1.99. The van der Waals surface area contributed by atoms with Crippen LogP contribution in [0.3, 0.4) is 0 Å². The molecule has 0 amide bonds. The number of nitrogens with zero attached hydrogens (tertiary/aromatic N) is 2. The third-order valence-corrected chi connectivity index (χ3v) is 2.22. The second-order valence-electron chi connectivity index (χ2n) is 4.01. The van der Waals surface area contributed by atoms with Crippen molar-refractivity contribution >= 4 is 0 Å². The molecule has 3 heteroatoms. The highest BCUT2D eigenvalue weighted by molar-refractivity contribution is 5.05. The summed E-state index contributed by atoms with van der Waals surface area (Å²) in [7, 11) is 0. The van der Waals surface area contributed by atoms with Gasteiger partial charge in [-0.3, -0.25) is 0 Å². The van der Waals surface area contributed by atoms with E-state index in [2.05, 4.69) is 23.8 Å². The van der Waals surface area contributed by atoms with E-state index in [1.165, 1.54) is 6.33 Å². The zero-order valence-corrected chi connectivity index (χ0v) is 8.85. The summed E-state index contributed by atoms with van der Waals surface area (Å²) >= 11 is 0. The fraction of sp³-hybridized carbons (Fsp3) is 0.636. The minimum absolute atomic E-state index is 0.407. The summed E-state index contributed by atoms with van der Waals surface area (Å²) in [4.78, 5) is 7.76. The van der Waals surface area contributed by atoms with E-state index in [1.807, 2.05) is 0 Å². The van der Waals surface area contributed by atoms with E-state index in [0.29, 0.717) is 5.92 Å². The summed E-state index contributed by atoms with van der Waals surface area (Å²) in [6.45, 7) is 4.38. The molecule has 0 aliphatic heterocycles. The van der Waals surface area contributed by atoms with Crippen molar-refractivity contribution in [1.29, 1.82) is 0 Å². The van der Waals surface area contributed by atoms with Crippen molar-refractivity contribution in [3.63, 3.8) is 0 Å². The fourth-order valence-electron chi connectivity index (χ4n) is 1.37. The maximum absolute atomic E-state index is 9.75. The first kappa shape index (κ1) is 11.1. The minimum Gasteiger partial charge on any atom is -0.388 e. The first-order valence-corrected chi connectivity index (χ1v) is 5.13. The molecule has 14 heavy (non-hydrogen) atoms. The molecule has 0 radical (unpaired) electrons. The highest BCUT2D eigenvalue weighted by atomic mass is 16.3. The van der Waals surface area contributed by atoms with Crippen LogP contribution in [0, 0.1) is 5.92 Å². The zero-order chi connectivity index (χ0) is 10.4. The van der Waals surface area contributed by atoms with Gasteiger partial charge in [0.15, 0.2) is 0 Å². The standard InChI is InChI=1S/C11H18N2O/c1-9(2)4-3-5-11(14)10-6-12-8-13-7-10/h6-9,11,14H,3-5H2,1-2H3. The van der Waals surface area contributed by atoms with E-state index in [4.69, 9.17) is 0 Å². The summed E-state index contributed by atoms with van der Waals surface area (Å²) in [5, 5.41) is 9.75. The van der Waals surface area contributed by atoms with Crippen LogP contribution >= 0.6 is 0 Å². The number of aromatic nitrogens is 2. The Morgan fingerprint density at radius 1 is 1.21 bits per heavy atom. The van der Waals surface area contributed by atoms with E-state index >= 15 is 0 Å². The average Bonchev–Trinajstić information content (AvgIpc) is 2.18. The van der Waals surface area contributed by atoms with Crippen molar-refractivity contribution in [2.45, 2.75) is 39.2 Å². The quantitative estimate of drug-likeness (QED) is 0.782. The van der Waals surface area contributed by atoms with E-state index in [1.54, 1.807) is 12.4 Å². The number of rotatable bonds is 5. The van der Waals surface area contributed by atoms with Crippen LogP contribution in [0.15, 0.2) is 18.7 Å². The molecule has 1 N–H and O–H groups in total. The van der Waals surface area contributed by atoms with E-state index in [-0.39, 0.29) is 0 Å². The third kappa shape index (κ3) is 3.83. The van der Waals surface area contributed by atoms with Crippen LogP contribution in [0.1, 0.15) is 44.8 Å². The molecular formula is C11H18N2O. The summed E-state index contributed by atoms with van der Waals surface area (Å²) in [6, 6.07) is 0. The van der Waals surface area contributed by atoms with Crippen molar-refractivity contribution < 1.29 is 5.11 Å². The molecule has 0 saturated carbocycles. The van der Waals surface area contributed by atoms with Gasteiger partial charge in [-0.25, -0.2) is 9.97 Å². The van der Waals surface area contributed by atoms with Crippen LogP contribution in [0.4, 0.5) is 0 Å². The molecule has 1 aromatic rings. The zero-order valence-electron chi connectivity index (χ0n) is 8.85. The van der Waals surface area contributed by atoms with Crippen molar-refractivity contribution in [2.24, 2.45) is 5.92 Å². The maximum atomic E-state index is 9.75. The van der Waals surface area contributed by atoms with Crippen LogP contribution in [-0.4, -0.2) is 15.1 Å². The number of aliphatic hydroxyl groups excluding tert-OH is 1. The Kier molecular flexibility index (Phi) is 4.53. The largest absolute Gasteiger partial charge is 0.388 e. The van der Waals surface area contributed by atoms with Crippen molar-refractivity contribution in [1.82, 2.24) is 9.97 Å². The lowest BCUT2D eigenvalue weighted by Gasteiger charge is -2.10. The molecule has 1 rings (SSSR count). The van der Waals surface area contributed by atoms with Crippen LogP contribution in [0.25, 0.3) is 0 Å². The molecule has 3 nitrogen and oxygen atoms in total. The maximum Gasteiger partial charge on any atom is 0.115 e. The Bertz CT molecular complexity index is 249. The molecule has 0 aromatic carbocycles. The van der Waals surface area contributed by atoms with Gasteiger partial charge in [-0.15, -0.1) is 0 Å². The van der Waals surface area contributed by atoms with Gasteiger partial charge in [0.05, 0.1) is 6.10 Å². The predicted molar refractivity (Wildman–Crippen MR) is 55.7 cm³/mol. The van der Waals surface area contributed by atoms with Crippen molar-refractivity contribution in [2.75, 3.05) is 0 Å². The number of hydrogen-bond acceptors (Lipinski definition) is 3. The lowest BCUT2D eigenvalue weighted by molar-refractivity contribution is 0.161. The van der Waals surface area contributed by atoms with E-state index < -0.39 is 6.10 Å². The molecule has 78 valence electrons. The van der Waals surface area contributed by atoms with Gasteiger partial charge in [-0.2, -0.15) is 0 Å². The number of aliphatic hydroxyl groups is 1. The van der Waals surface area contributed by atoms with E-state index in [0.717, 1.165) is 24.8 Å². The SMILES string of the molecule is CC(C)CCCC(O)c1cncnc1. The molecule has 0 fully saturated rings. The Morgan fingerprint density at radius 3 is 2.43 bits per heavy atom. The third-order valence-electron chi connectivity index (χ3n) is 2.22. The first-order valence-electron chi connectivity index (χ1n) is 5.13. The van der Waals surface area contributed by atoms with Crippen molar-refractivity contribution in [3.8, 4) is 0 Å². The molecule has 1 unspecified atom stereocenters. The molecule has 1 aromatic heterocycles. The van der Waals surface area contributed by atoms with Gasteiger partial charge in [-0.05, 0) is 12.3 Å². The molecule has 0 saturated heterocycles. The summed E-state index contributed by atoms with van der Waals surface area (Å²) < 4.78 is 0. The fourth-order valence-corrected chi connectivity index (χ4v) is 1.37. The van der Waals surface area contributed by atoms with Gasteiger partial charge in [0, 0.05) is 18.0 Å². The molecule has 1 atom stereocenters. The second kappa shape index (κ2) is 5.70. The Hall–Kier alpha value is -0.960. The van der Waals surface area contributed by atoms with Gasteiger partial charge >= 0.3 is 0 Å². The summed E-state index contributed by atoms with van der Waals surface area (Å²) in [6.07, 6.45) is 7.42. The molecule has 0 bridgehead atoms. The Labute approximate surface area is 85.2 Å². The summed E-state index contributed by atoms with van der Waals surface area (Å²) in [5.74, 6) is 0.703. The molecule has 0 aliphatic carbocycles. The number of hydrogen-bond donors (Lipinski definition) is 1. The van der Waals surface area contributed by atoms with Crippen LogP contribution in [0.2, 0.25) is 0 Å². The van der Waals surface area contributed by atoms with Crippen LogP contribution in [0.5, 0.6) is 0 Å². The second-order valence-corrected chi connectivity index (χ2v) is 4.01. The topological polar surface area (TPSA) is 46.0 Å². The average molecular weight is 194 g/mol. The van der Waals surface area contributed by atoms with Gasteiger partial charge in [0.2, 0.25) is 0 Å².